The van der Waals surface area contributed by atoms with E-state index in [1.807, 2.05) is 0 Å². The Morgan fingerprint density at radius 3 is 2.50 bits per heavy atom. The lowest BCUT2D eigenvalue weighted by molar-refractivity contribution is -0.0864. The fourth-order valence-electron chi connectivity index (χ4n) is 2.86. The molecule has 3 N–H and O–H groups in total. The summed E-state index contributed by atoms with van der Waals surface area (Å²) in [6, 6.07) is 9.32. The van der Waals surface area contributed by atoms with Crippen molar-refractivity contribution < 1.29 is 24.8 Å². The third-order valence-corrected chi connectivity index (χ3v) is 3.84. The van der Waals surface area contributed by atoms with Gasteiger partial charge in [0.2, 0.25) is 0 Å². The molecule has 0 aliphatic carbocycles. The summed E-state index contributed by atoms with van der Waals surface area (Å²) >= 11 is 0. The van der Waals surface area contributed by atoms with Crippen LogP contribution in [0, 0.1) is 0 Å². The van der Waals surface area contributed by atoms with E-state index < -0.39 is 11.7 Å². The van der Waals surface area contributed by atoms with Gasteiger partial charge in [0, 0.05) is 23.3 Å². The highest BCUT2D eigenvalue weighted by Gasteiger charge is 2.52. The van der Waals surface area contributed by atoms with Gasteiger partial charge in [-0.1, -0.05) is 0 Å². The molecule has 0 saturated carbocycles. The van der Waals surface area contributed by atoms with Crippen LogP contribution in [0.4, 0.5) is 0 Å². The minimum absolute atomic E-state index is 0.0336. The maximum Gasteiger partial charge on any atom is 0.168 e. The van der Waals surface area contributed by atoms with Crippen LogP contribution >= 0.6 is 0 Å². The first-order valence-electron chi connectivity index (χ1n) is 6.26. The Hall–Kier alpha value is -2.40. The number of ether oxygens (including phenoxy) is 2. The molecule has 2 aliphatic rings. The zero-order valence-corrected chi connectivity index (χ0v) is 10.4. The fourth-order valence-corrected chi connectivity index (χ4v) is 2.86. The van der Waals surface area contributed by atoms with Crippen molar-refractivity contribution in [2.75, 3.05) is 6.61 Å². The highest BCUT2D eigenvalue weighted by atomic mass is 16.5. The van der Waals surface area contributed by atoms with Crippen molar-refractivity contribution in [1.82, 2.24) is 0 Å². The molecule has 0 unspecified atom stereocenters. The molecule has 20 heavy (non-hydrogen) atoms. The summed E-state index contributed by atoms with van der Waals surface area (Å²) in [6.45, 7) is 0.0336. The number of aliphatic hydroxyl groups is 1. The molecule has 0 radical (unpaired) electrons. The van der Waals surface area contributed by atoms with E-state index >= 15 is 0 Å². The van der Waals surface area contributed by atoms with E-state index in [4.69, 9.17) is 9.47 Å². The van der Waals surface area contributed by atoms with Crippen molar-refractivity contribution in [3.8, 4) is 23.0 Å². The van der Waals surface area contributed by atoms with Gasteiger partial charge >= 0.3 is 0 Å². The smallest absolute Gasteiger partial charge is 0.168 e. The van der Waals surface area contributed by atoms with Crippen LogP contribution in [0.1, 0.15) is 17.2 Å². The molecular formula is C15H12O5. The van der Waals surface area contributed by atoms with Crippen molar-refractivity contribution in [3.05, 3.63) is 47.5 Å². The zero-order valence-electron chi connectivity index (χ0n) is 10.4. The van der Waals surface area contributed by atoms with Crippen LogP contribution < -0.4 is 9.47 Å². The molecule has 4 rings (SSSR count). The minimum atomic E-state index is -1.28. The third-order valence-electron chi connectivity index (χ3n) is 3.84. The molecule has 0 amide bonds. The van der Waals surface area contributed by atoms with Crippen LogP contribution in [0.15, 0.2) is 36.4 Å². The van der Waals surface area contributed by atoms with Gasteiger partial charge in [-0.25, -0.2) is 0 Å². The second-order valence-corrected chi connectivity index (χ2v) is 5.11. The number of phenols is 2. The first-order chi connectivity index (χ1) is 9.58. The van der Waals surface area contributed by atoms with E-state index in [-0.39, 0.29) is 18.1 Å². The Kier molecular flexibility index (Phi) is 2.04. The Bertz CT molecular complexity index is 711. The lowest BCUT2D eigenvalue weighted by atomic mass is 9.85. The van der Waals surface area contributed by atoms with E-state index in [0.717, 1.165) is 0 Å². The number of aromatic hydroxyl groups is 2. The molecule has 0 spiro atoms. The molecule has 2 aromatic carbocycles. The van der Waals surface area contributed by atoms with Gasteiger partial charge in [0.1, 0.15) is 29.6 Å². The van der Waals surface area contributed by atoms with Gasteiger partial charge in [-0.05, 0) is 24.3 Å². The molecule has 0 bridgehead atoms. The Balaban J connectivity index is 1.88. The first-order valence-corrected chi connectivity index (χ1v) is 6.26. The quantitative estimate of drug-likeness (QED) is 0.681. The zero-order chi connectivity index (χ0) is 13.9. The first kappa shape index (κ1) is 11.4. The molecule has 0 fully saturated rings. The van der Waals surface area contributed by atoms with Gasteiger partial charge in [0.25, 0.3) is 0 Å². The lowest BCUT2D eigenvalue weighted by Crippen LogP contribution is -2.41. The van der Waals surface area contributed by atoms with Crippen LogP contribution in [0.2, 0.25) is 0 Å². The number of phenolic OH excluding ortho intramolecular Hbond substituents is 2. The van der Waals surface area contributed by atoms with Crippen molar-refractivity contribution in [3.63, 3.8) is 0 Å². The van der Waals surface area contributed by atoms with Crippen molar-refractivity contribution in [2.24, 2.45) is 0 Å². The number of rotatable bonds is 0. The number of benzene rings is 2. The predicted octanol–water partition coefficient (Wildman–Crippen LogP) is 1.81. The topological polar surface area (TPSA) is 79.2 Å². The molecule has 0 saturated heterocycles. The summed E-state index contributed by atoms with van der Waals surface area (Å²) in [4.78, 5) is 0. The highest BCUT2D eigenvalue weighted by molar-refractivity contribution is 5.53. The molecular weight excluding hydrogens is 260 g/mol. The Labute approximate surface area is 114 Å². The van der Waals surface area contributed by atoms with Crippen molar-refractivity contribution in [2.45, 2.75) is 11.7 Å². The largest absolute Gasteiger partial charge is 0.508 e. The van der Waals surface area contributed by atoms with Crippen molar-refractivity contribution in [1.29, 1.82) is 0 Å². The highest BCUT2D eigenvalue weighted by Crippen LogP contribution is 2.54. The second-order valence-electron chi connectivity index (χ2n) is 5.11. The van der Waals surface area contributed by atoms with E-state index in [0.29, 0.717) is 22.6 Å². The molecule has 2 heterocycles. The standard InChI is InChI=1S/C15H12O5/c16-8-1-3-10-12(5-8)19-7-15(18)11-4-2-9(17)6-13(11)20-14(10)15/h1-6,14,16-18H,7H2/t14-,15-/m0/s1. The maximum absolute atomic E-state index is 10.9. The summed E-state index contributed by atoms with van der Waals surface area (Å²) in [7, 11) is 0. The lowest BCUT2D eigenvalue weighted by Gasteiger charge is -2.34. The summed E-state index contributed by atoms with van der Waals surface area (Å²) < 4.78 is 11.3. The average Bonchev–Trinajstić information content (AvgIpc) is 2.71. The van der Waals surface area contributed by atoms with Crippen LogP contribution in [-0.4, -0.2) is 21.9 Å². The Morgan fingerprint density at radius 2 is 1.70 bits per heavy atom. The van der Waals surface area contributed by atoms with Gasteiger partial charge in [-0.3, -0.25) is 0 Å². The van der Waals surface area contributed by atoms with E-state index in [1.54, 1.807) is 12.1 Å². The molecule has 5 heteroatoms. The minimum Gasteiger partial charge on any atom is -0.508 e. The molecule has 102 valence electrons. The number of hydrogen-bond donors (Lipinski definition) is 3. The Morgan fingerprint density at radius 1 is 1.00 bits per heavy atom. The summed E-state index contributed by atoms with van der Waals surface area (Å²) in [5.74, 6) is 1.12. The van der Waals surface area contributed by atoms with Gasteiger partial charge in [-0.2, -0.15) is 0 Å². The fraction of sp³-hybridized carbons (Fsp3) is 0.200. The van der Waals surface area contributed by atoms with Crippen LogP contribution in [0.25, 0.3) is 0 Å². The molecule has 2 aromatic rings. The number of fused-ring (bicyclic) bond motifs is 5. The molecule has 0 aromatic heterocycles. The molecule has 2 aliphatic heterocycles. The van der Waals surface area contributed by atoms with E-state index in [2.05, 4.69) is 0 Å². The third kappa shape index (κ3) is 1.35. The predicted molar refractivity (Wildman–Crippen MR) is 69.0 cm³/mol. The van der Waals surface area contributed by atoms with Crippen molar-refractivity contribution >= 4 is 0 Å². The average molecular weight is 272 g/mol. The SMILES string of the molecule is Oc1ccc2c(c1)OC[C@]1(O)c3ccc(O)cc3O[C@@H]21. The normalized spacial score (nSPS) is 25.9. The van der Waals surface area contributed by atoms with E-state index in [1.165, 1.54) is 24.3 Å². The van der Waals surface area contributed by atoms with Gasteiger partial charge in [-0.15, -0.1) is 0 Å². The molecule has 2 atom stereocenters. The summed E-state index contributed by atoms with van der Waals surface area (Å²) in [5, 5.41) is 29.9. The summed E-state index contributed by atoms with van der Waals surface area (Å²) in [6.07, 6.45) is -0.608. The van der Waals surface area contributed by atoms with Crippen LogP contribution in [0.3, 0.4) is 0 Å². The monoisotopic (exact) mass is 272 g/mol. The van der Waals surface area contributed by atoms with Gasteiger partial charge in [0.15, 0.2) is 11.7 Å². The van der Waals surface area contributed by atoms with Gasteiger partial charge in [0.05, 0.1) is 0 Å². The van der Waals surface area contributed by atoms with Crippen LogP contribution in [0.5, 0.6) is 23.0 Å². The van der Waals surface area contributed by atoms with Crippen LogP contribution in [-0.2, 0) is 5.60 Å². The number of hydrogen-bond acceptors (Lipinski definition) is 5. The molecule has 5 nitrogen and oxygen atoms in total. The summed E-state index contributed by atoms with van der Waals surface area (Å²) in [5.41, 5.74) is -0.0150. The maximum atomic E-state index is 10.9. The van der Waals surface area contributed by atoms with Gasteiger partial charge < -0.3 is 24.8 Å². The van der Waals surface area contributed by atoms with E-state index in [9.17, 15) is 15.3 Å². The second kappa shape index (κ2) is 3.58.